The molecule has 1 saturated heterocycles. The fourth-order valence-electron chi connectivity index (χ4n) is 4.25. The summed E-state index contributed by atoms with van der Waals surface area (Å²) in [6.45, 7) is 5.89. The van der Waals surface area contributed by atoms with Crippen molar-refractivity contribution in [1.29, 1.82) is 0 Å². The molecule has 0 aliphatic carbocycles. The van der Waals surface area contributed by atoms with E-state index in [1.807, 2.05) is 31.2 Å². The summed E-state index contributed by atoms with van der Waals surface area (Å²) in [6, 6.07) is 17.2. The van der Waals surface area contributed by atoms with Gasteiger partial charge in [-0.2, -0.15) is 0 Å². The number of likely N-dealkylation sites (tertiary alicyclic amines) is 1. The van der Waals surface area contributed by atoms with Gasteiger partial charge in [-0.1, -0.05) is 42.5 Å². The number of aryl methyl sites for hydroxylation is 1. The summed E-state index contributed by atoms with van der Waals surface area (Å²) in [5, 5.41) is 0. The maximum atomic E-state index is 13.0. The lowest BCUT2D eigenvalue weighted by Crippen LogP contribution is -2.51. The Bertz CT molecular complexity index is 770. The number of fused-ring (bicyclic) bond motifs is 1. The molecule has 4 rings (SSSR count). The molecule has 0 radical (unpaired) electrons. The third kappa shape index (κ3) is 3.34. The van der Waals surface area contributed by atoms with Crippen LogP contribution in [0.5, 0.6) is 0 Å². The number of benzene rings is 2. The zero-order chi connectivity index (χ0) is 17.2. The molecule has 2 aromatic rings. The van der Waals surface area contributed by atoms with Crippen LogP contribution in [-0.4, -0.2) is 41.4 Å². The van der Waals surface area contributed by atoms with Crippen molar-refractivity contribution in [3.63, 3.8) is 0 Å². The normalized spacial score (nSPS) is 21.0. The van der Waals surface area contributed by atoms with Gasteiger partial charge in [0, 0.05) is 37.8 Å². The molecule has 0 N–H and O–H groups in total. The zero-order valence-electron chi connectivity index (χ0n) is 14.9. The van der Waals surface area contributed by atoms with Crippen molar-refractivity contribution in [1.82, 2.24) is 9.80 Å². The summed E-state index contributed by atoms with van der Waals surface area (Å²) in [4.78, 5) is 17.6. The van der Waals surface area contributed by atoms with E-state index in [2.05, 4.69) is 34.1 Å². The quantitative estimate of drug-likeness (QED) is 0.837. The predicted octanol–water partition coefficient (Wildman–Crippen LogP) is 3.66. The fraction of sp³-hybridized carbons (Fsp3) is 0.409. The number of amides is 1. The van der Waals surface area contributed by atoms with Crippen molar-refractivity contribution < 1.29 is 4.79 Å². The Hall–Kier alpha value is -2.13. The topological polar surface area (TPSA) is 23.6 Å². The third-order valence-corrected chi connectivity index (χ3v) is 5.74. The van der Waals surface area contributed by atoms with Gasteiger partial charge >= 0.3 is 0 Å². The first-order valence-corrected chi connectivity index (χ1v) is 9.38. The first kappa shape index (κ1) is 16.3. The predicted molar refractivity (Wildman–Crippen MR) is 101 cm³/mol. The van der Waals surface area contributed by atoms with Crippen LogP contribution in [-0.2, 0) is 13.0 Å². The summed E-state index contributed by atoms with van der Waals surface area (Å²) in [5.41, 5.74) is 4.87. The van der Waals surface area contributed by atoms with Gasteiger partial charge in [-0.3, -0.25) is 9.69 Å². The Balaban J connectivity index is 1.47. The number of hydrogen-bond acceptors (Lipinski definition) is 2. The van der Waals surface area contributed by atoms with Crippen LogP contribution in [0.1, 0.15) is 39.9 Å². The van der Waals surface area contributed by atoms with Crippen LogP contribution in [0.25, 0.3) is 0 Å². The minimum Gasteiger partial charge on any atom is -0.337 e. The van der Waals surface area contributed by atoms with Gasteiger partial charge in [-0.15, -0.1) is 0 Å². The van der Waals surface area contributed by atoms with Crippen LogP contribution < -0.4 is 0 Å². The molecule has 3 heteroatoms. The van der Waals surface area contributed by atoms with Gasteiger partial charge in [-0.25, -0.2) is 0 Å². The van der Waals surface area contributed by atoms with E-state index in [1.54, 1.807) is 0 Å². The maximum absolute atomic E-state index is 13.0. The molecule has 2 heterocycles. The monoisotopic (exact) mass is 334 g/mol. The second kappa shape index (κ2) is 7.01. The Labute approximate surface area is 150 Å². The average Bonchev–Trinajstić information content (AvgIpc) is 2.67. The molecule has 0 bridgehead atoms. The Morgan fingerprint density at radius 2 is 1.76 bits per heavy atom. The van der Waals surface area contributed by atoms with Gasteiger partial charge in [0.25, 0.3) is 5.91 Å². The van der Waals surface area contributed by atoms with Gasteiger partial charge in [0.1, 0.15) is 0 Å². The highest BCUT2D eigenvalue weighted by Crippen LogP contribution is 2.25. The number of piperidine rings is 1. The SMILES string of the molecule is Cc1ccccc1C(=O)N1CCC[C@@H](N2CCc3ccccc3C2)C1. The Morgan fingerprint density at radius 3 is 2.60 bits per heavy atom. The molecule has 0 unspecified atom stereocenters. The van der Waals surface area contributed by atoms with E-state index in [9.17, 15) is 4.79 Å². The maximum Gasteiger partial charge on any atom is 0.254 e. The minimum absolute atomic E-state index is 0.195. The van der Waals surface area contributed by atoms with Crippen molar-refractivity contribution >= 4 is 5.91 Å². The summed E-state index contributed by atoms with van der Waals surface area (Å²) in [7, 11) is 0. The molecule has 0 saturated carbocycles. The third-order valence-electron chi connectivity index (χ3n) is 5.74. The second-order valence-electron chi connectivity index (χ2n) is 7.35. The molecule has 2 aliphatic heterocycles. The molecule has 2 aromatic carbocycles. The van der Waals surface area contributed by atoms with Crippen molar-refractivity contribution in [3.8, 4) is 0 Å². The van der Waals surface area contributed by atoms with Crippen LogP contribution in [0.2, 0.25) is 0 Å². The number of hydrogen-bond donors (Lipinski definition) is 0. The van der Waals surface area contributed by atoms with Crippen molar-refractivity contribution in [2.45, 2.75) is 38.8 Å². The Kier molecular flexibility index (Phi) is 4.58. The highest BCUT2D eigenvalue weighted by molar-refractivity contribution is 5.95. The molecular weight excluding hydrogens is 308 g/mol. The lowest BCUT2D eigenvalue weighted by atomic mass is 9.95. The first-order chi connectivity index (χ1) is 12.2. The molecular formula is C22H26N2O. The van der Waals surface area contributed by atoms with Crippen molar-refractivity contribution in [3.05, 3.63) is 70.8 Å². The van der Waals surface area contributed by atoms with E-state index in [0.29, 0.717) is 6.04 Å². The highest BCUT2D eigenvalue weighted by Gasteiger charge is 2.30. The largest absolute Gasteiger partial charge is 0.337 e. The van der Waals surface area contributed by atoms with E-state index >= 15 is 0 Å². The minimum atomic E-state index is 0.195. The lowest BCUT2D eigenvalue weighted by Gasteiger charge is -2.41. The summed E-state index contributed by atoms with van der Waals surface area (Å²) >= 11 is 0. The van der Waals surface area contributed by atoms with Gasteiger partial charge < -0.3 is 4.90 Å². The number of carbonyl (C=O) groups excluding carboxylic acids is 1. The van der Waals surface area contributed by atoms with Crippen molar-refractivity contribution in [2.75, 3.05) is 19.6 Å². The standard InChI is InChI=1S/C22H26N2O/c1-17-7-2-5-11-21(17)22(25)24-13-6-10-20(16-24)23-14-12-18-8-3-4-9-19(18)15-23/h2-5,7-9,11,20H,6,10,12-16H2,1H3/t20-/m1/s1. The molecule has 0 aromatic heterocycles. The van der Waals surface area contributed by atoms with Crippen LogP contribution in [0.15, 0.2) is 48.5 Å². The molecule has 1 atom stereocenters. The summed E-state index contributed by atoms with van der Waals surface area (Å²) < 4.78 is 0. The van der Waals surface area contributed by atoms with E-state index in [1.165, 1.54) is 17.5 Å². The van der Waals surface area contributed by atoms with Gasteiger partial charge in [0.15, 0.2) is 0 Å². The van der Waals surface area contributed by atoms with Crippen LogP contribution in [0, 0.1) is 6.92 Å². The number of nitrogens with zero attached hydrogens (tertiary/aromatic N) is 2. The lowest BCUT2D eigenvalue weighted by molar-refractivity contribution is 0.0548. The van der Waals surface area contributed by atoms with Gasteiger partial charge in [0.2, 0.25) is 0 Å². The molecule has 130 valence electrons. The smallest absolute Gasteiger partial charge is 0.254 e. The second-order valence-corrected chi connectivity index (χ2v) is 7.35. The van der Waals surface area contributed by atoms with E-state index in [0.717, 1.165) is 50.1 Å². The average molecular weight is 334 g/mol. The molecule has 3 nitrogen and oxygen atoms in total. The van der Waals surface area contributed by atoms with Crippen molar-refractivity contribution in [2.24, 2.45) is 0 Å². The molecule has 2 aliphatic rings. The molecule has 0 spiro atoms. The Morgan fingerprint density at radius 1 is 1.00 bits per heavy atom. The van der Waals surface area contributed by atoms with E-state index < -0.39 is 0 Å². The summed E-state index contributed by atoms with van der Waals surface area (Å²) in [5.74, 6) is 0.195. The zero-order valence-corrected chi connectivity index (χ0v) is 14.9. The van der Waals surface area contributed by atoms with Gasteiger partial charge in [-0.05, 0) is 48.9 Å². The van der Waals surface area contributed by atoms with E-state index in [-0.39, 0.29) is 5.91 Å². The summed E-state index contributed by atoms with van der Waals surface area (Å²) in [6.07, 6.45) is 3.42. The first-order valence-electron chi connectivity index (χ1n) is 9.38. The van der Waals surface area contributed by atoms with Crippen LogP contribution in [0.3, 0.4) is 0 Å². The van der Waals surface area contributed by atoms with Gasteiger partial charge in [0.05, 0.1) is 0 Å². The molecule has 1 fully saturated rings. The fourth-order valence-corrected chi connectivity index (χ4v) is 4.25. The molecule has 1 amide bonds. The number of carbonyl (C=O) groups is 1. The van der Waals surface area contributed by atoms with Crippen LogP contribution >= 0.6 is 0 Å². The van der Waals surface area contributed by atoms with E-state index in [4.69, 9.17) is 0 Å². The van der Waals surface area contributed by atoms with Crippen LogP contribution in [0.4, 0.5) is 0 Å². The highest BCUT2D eigenvalue weighted by atomic mass is 16.2. The number of rotatable bonds is 2. The molecule has 25 heavy (non-hydrogen) atoms.